The molecule has 2 N–H and O–H groups in total. The van der Waals surface area contributed by atoms with Crippen LogP contribution in [-0.4, -0.2) is 82.9 Å². The van der Waals surface area contributed by atoms with Gasteiger partial charge in [-0.05, 0) is 39.8 Å². The van der Waals surface area contributed by atoms with Crippen molar-refractivity contribution in [3.05, 3.63) is 23.8 Å². The Hall–Kier alpha value is -3.48. The molecule has 1 aromatic rings. The Labute approximate surface area is 211 Å². The molecular formula is C23H28N2O10S. The number of fused-ring (bicyclic) bond motifs is 1. The molecule has 196 valence electrons. The Morgan fingerprint density at radius 3 is 2.22 bits per heavy atom. The van der Waals surface area contributed by atoms with Gasteiger partial charge in [0.05, 0.1) is 14.2 Å². The van der Waals surface area contributed by atoms with Crippen molar-refractivity contribution in [2.75, 3.05) is 21.0 Å². The first-order valence-electron chi connectivity index (χ1n) is 10.9. The van der Waals surface area contributed by atoms with E-state index < -0.39 is 64.1 Å². The quantitative estimate of drug-likeness (QED) is 0.206. The largest absolute Gasteiger partial charge is 0.496 e. The minimum absolute atomic E-state index is 0.137. The molecule has 2 heterocycles. The van der Waals surface area contributed by atoms with E-state index >= 15 is 0 Å². The normalized spacial score (nSPS) is 22.1. The summed E-state index contributed by atoms with van der Waals surface area (Å²) < 4.78 is 19.6. The van der Waals surface area contributed by atoms with Crippen LogP contribution in [-0.2, 0) is 28.7 Å². The van der Waals surface area contributed by atoms with Crippen LogP contribution in [0, 0.1) is 5.41 Å². The number of nitrogens with zero attached hydrogens (tertiary/aromatic N) is 1. The average molecular weight is 525 g/mol. The van der Waals surface area contributed by atoms with E-state index in [1.165, 1.54) is 30.9 Å². The van der Waals surface area contributed by atoms with E-state index in [0.717, 1.165) is 13.8 Å². The first-order valence-corrected chi connectivity index (χ1v) is 11.7. The summed E-state index contributed by atoms with van der Waals surface area (Å²) >= 11 is 1.31. The Balaban J connectivity index is 1.68. The van der Waals surface area contributed by atoms with Gasteiger partial charge in [0.2, 0.25) is 12.7 Å². The number of rotatable bonds is 9. The summed E-state index contributed by atoms with van der Waals surface area (Å²) in [6.07, 6.45) is 0. The number of methoxy groups -OCH3 is 2. The molecule has 0 saturated carbocycles. The lowest BCUT2D eigenvalue weighted by Crippen LogP contribution is -2.70. The van der Waals surface area contributed by atoms with Crippen molar-refractivity contribution in [2.45, 2.75) is 49.9 Å². The van der Waals surface area contributed by atoms with Gasteiger partial charge in [-0.15, -0.1) is 11.8 Å². The average Bonchev–Trinajstić information content (AvgIpc) is 3.08. The lowest BCUT2D eigenvalue weighted by Gasteiger charge is -2.43. The van der Waals surface area contributed by atoms with Gasteiger partial charge < -0.3 is 34.3 Å². The van der Waals surface area contributed by atoms with Crippen molar-refractivity contribution in [3.8, 4) is 11.5 Å². The monoisotopic (exact) mass is 524 g/mol. The number of carbonyl (C=O) groups excluding carboxylic acids is 4. The van der Waals surface area contributed by atoms with Crippen molar-refractivity contribution in [2.24, 2.45) is 5.41 Å². The van der Waals surface area contributed by atoms with Crippen molar-refractivity contribution < 1.29 is 48.0 Å². The summed E-state index contributed by atoms with van der Waals surface area (Å²) in [6, 6.07) is 2.94. The van der Waals surface area contributed by atoms with Crippen LogP contribution in [0.15, 0.2) is 18.2 Å². The maximum Gasteiger partial charge on any atom is 0.333 e. The summed E-state index contributed by atoms with van der Waals surface area (Å²) in [5.41, 5.74) is -1.68. The van der Waals surface area contributed by atoms with E-state index in [9.17, 15) is 24.0 Å². The molecule has 2 saturated heterocycles. The van der Waals surface area contributed by atoms with Crippen LogP contribution < -0.4 is 14.8 Å². The number of thioether (sulfide) groups is 1. The standard InChI is InChI=1S/C23H28N2O10S/c1-22(2,20(29)30)21(31)35-10-34-19(28)15-23(3,4)36-18-14(17(27)25(15)18)24-16(26)13-11(32-5)8-7-9-12(13)33-6/h7-9,14-15,18H,10H2,1-6H3,(H,24,26)(H,29,30)/t14-,15+,18-/m1/s1. The van der Waals surface area contributed by atoms with Crippen LogP contribution in [0.3, 0.4) is 0 Å². The molecule has 2 aliphatic rings. The number of nitrogens with one attached hydrogen (secondary N) is 1. The van der Waals surface area contributed by atoms with Gasteiger partial charge in [0, 0.05) is 4.75 Å². The summed E-state index contributed by atoms with van der Waals surface area (Å²) in [4.78, 5) is 63.2. The van der Waals surface area contributed by atoms with Gasteiger partial charge in [0.15, 0.2) is 5.41 Å². The molecule has 0 aliphatic carbocycles. The molecule has 3 rings (SSSR count). The summed E-state index contributed by atoms with van der Waals surface area (Å²) in [5.74, 6) is -3.78. The molecule has 36 heavy (non-hydrogen) atoms. The number of benzene rings is 1. The Morgan fingerprint density at radius 2 is 1.69 bits per heavy atom. The van der Waals surface area contributed by atoms with Crippen molar-refractivity contribution in [1.82, 2.24) is 10.2 Å². The lowest BCUT2D eigenvalue weighted by atomic mass is 9.94. The number of hydrogen-bond donors (Lipinski definition) is 2. The third-order valence-corrected chi connectivity index (χ3v) is 7.61. The Bertz CT molecular complexity index is 1080. The van der Waals surface area contributed by atoms with Crippen LogP contribution in [0.4, 0.5) is 0 Å². The van der Waals surface area contributed by atoms with Crippen molar-refractivity contribution in [3.63, 3.8) is 0 Å². The number of ether oxygens (including phenoxy) is 4. The molecule has 12 nitrogen and oxygen atoms in total. The predicted octanol–water partition coefficient (Wildman–Crippen LogP) is 1.02. The van der Waals surface area contributed by atoms with Crippen LogP contribution in [0.5, 0.6) is 11.5 Å². The molecule has 0 radical (unpaired) electrons. The topological polar surface area (TPSA) is 158 Å². The number of esters is 2. The summed E-state index contributed by atoms with van der Waals surface area (Å²) in [6.45, 7) is 5.02. The van der Waals surface area contributed by atoms with E-state index in [1.807, 2.05) is 0 Å². The van der Waals surface area contributed by atoms with E-state index in [-0.39, 0.29) is 17.1 Å². The van der Waals surface area contributed by atoms with E-state index in [4.69, 9.17) is 24.1 Å². The van der Waals surface area contributed by atoms with E-state index in [0.29, 0.717) is 0 Å². The number of carboxylic acids is 1. The van der Waals surface area contributed by atoms with Gasteiger partial charge in [-0.3, -0.25) is 19.2 Å². The highest BCUT2D eigenvalue weighted by Crippen LogP contribution is 2.51. The Morgan fingerprint density at radius 1 is 1.11 bits per heavy atom. The molecule has 0 spiro atoms. The minimum Gasteiger partial charge on any atom is -0.496 e. The first-order chi connectivity index (χ1) is 16.8. The van der Waals surface area contributed by atoms with Crippen LogP contribution in [0.1, 0.15) is 38.1 Å². The number of hydrogen-bond acceptors (Lipinski definition) is 10. The smallest absolute Gasteiger partial charge is 0.333 e. The van der Waals surface area contributed by atoms with Gasteiger partial charge in [-0.2, -0.15) is 0 Å². The number of aliphatic carboxylic acids is 1. The molecule has 0 aromatic heterocycles. The highest BCUT2D eigenvalue weighted by atomic mass is 32.2. The fraction of sp³-hybridized carbons (Fsp3) is 0.522. The third-order valence-electron chi connectivity index (χ3n) is 6.04. The highest BCUT2D eigenvalue weighted by molar-refractivity contribution is 8.01. The molecule has 2 amide bonds. The Kier molecular flexibility index (Phi) is 7.44. The summed E-state index contributed by atoms with van der Waals surface area (Å²) in [7, 11) is 2.82. The number of carboxylic acid groups (broad SMARTS) is 1. The van der Waals surface area contributed by atoms with Crippen LogP contribution in [0.25, 0.3) is 0 Å². The molecule has 0 unspecified atom stereocenters. The molecule has 13 heteroatoms. The maximum absolute atomic E-state index is 13.0. The van der Waals surface area contributed by atoms with Crippen LogP contribution in [0.2, 0.25) is 0 Å². The van der Waals surface area contributed by atoms with Crippen molar-refractivity contribution >= 4 is 41.5 Å². The second-order valence-electron chi connectivity index (χ2n) is 9.19. The van der Waals surface area contributed by atoms with Crippen LogP contribution >= 0.6 is 11.8 Å². The van der Waals surface area contributed by atoms with Gasteiger partial charge in [-0.25, -0.2) is 4.79 Å². The second kappa shape index (κ2) is 9.88. The molecule has 3 atom stereocenters. The number of carbonyl (C=O) groups is 5. The highest BCUT2D eigenvalue weighted by Gasteiger charge is 2.64. The van der Waals surface area contributed by atoms with Gasteiger partial charge in [0.25, 0.3) is 5.91 Å². The number of β-lactam (4-membered cyclic amide) rings is 1. The van der Waals surface area contributed by atoms with Crippen molar-refractivity contribution in [1.29, 1.82) is 0 Å². The maximum atomic E-state index is 13.0. The fourth-order valence-corrected chi connectivity index (χ4v) is 5.52. The fourth-order valence-electron chi connectivity index (χ4n) is 3.90. The summed E-state index contributed by atoms with van der Waals surface area (Å²) in [5, 5.41) is 11.2. The zero-order valence-corrected chi connectivity index (χ0v) is 21.5. The van der Waals surface area contributed by atoms with Gasteiger partial charge >= 0.3 is 17.9 Å². The SMILES string of the molecule is COc1cccc(OC)c1C(=O)N[C@@H]1C(=O)N2[C@@H]1SC(C)(C)[C@@H]2C(=O)OCOC(=O)C(C)(C)C(=O)O. The molecular weight excluding hydrogens is 496 g/mol. The zero-order valence-electron chi connectivity index (χ0n) is 20.6. The van der Waals surface area contributed by atoms with E-state index in [1.54, 1.807) is 32.0 Å². The zero-order chi connectivity index (χ0) is 27.0. The molecule has 2 aliphatic heterocycles. The lowest BCUT2D eigenvalue weighted by molar-refractivity contribution is -0.183. The molecule has 0 bridgehead atoms. The van der Waals surface area contributed by atoms with E-state index in [2.05, 4.69) is 5.32 Å². The van der Waals surface area contributed by atoms with Gasteiger partial charge in [0.1, 0.15) is 34.5 Å². The predicted molar refractivity (Wildman–Crippen MR) is 125 cm³/mol. The molecule has 2 fully saturated rings. The first kappa shape index (κ1) is 27.1. The minimum atomic E-state index is -1.82. The van der Waals surface area contributed by atoms with Gasteiger partial charge in [-0.1, -0.05) is 6.07 Å². The second-order valence-corrected chi connectivity index (χ2v) is 11.0. The third kappa shape index (κ3) is 4.66. The number of amides is 2. The molecule has 1 aromatic carbocycles.